The third kappa shape index (κ3) is 1.22. The van der Waals surface area contributed by atoms with Gasteiger partial charge in [-0.05, 0) is 19.1 Å². The van der Waals surface area contributed by atoms with E-state index in [-0.39, 0.29) is 0 Å². The second-order valence-electron chi connectivity index (χ2n) is 3.43. The Morgan fingerprint density at radius 3 is 3.00 bits per heavy atom. The Bertz CT molecular complexity index is 609. The van der Waals surface area contributed by atoms with E-state index in [0.717, 1.165) is 28.1 Å². The van der Waals surface area contributed by atoms with Crippen LogP contribution in [0, 0.1) is 6.92 Å². The van der Waals surface area contributed by atoms with Crippen LogP contribution in [-0.4, -0.2) is 15.1 Å². The average molecular weight is 199 g/mol. The highest BCUT2D eigenvalue weighted by Crippen LogP contribution is 2.26. The summed E-state index contributed by atoms with van der Waals surface area (Å²) in [6.07, 6.45) is 3.51. The van der Waals surface area contributed by atoms with Gasteiger partial charge < -0.3 is 9.51 Å². The largest absolute Gasteiger partial charge is 0.356 e. The molecule has 0 radical (unpaired) electrons. The van der Waals surface area contributed by atoms with Crippen molar-refractivity contribution in [1.29, 1.82) is 0 Å². The minimum atomic E-state index is 0.793. The number of nitrogens with zero attached hydrogens (tertiary/aromatic N) is 2. The van der Waals surface area contributed by atoms with Crippen molar-refractivity contribution in [3.8, 4) is 11.3 Å². The molecule has 0 unspecified atom stereocenters. The number of imidazole rings is 1. The first-order valence-corrected chi connectivity index (χ1v) is 4.70. The lowest BCUT2D eigenvalue weighted by Crippen LogP contribution is -1.78. The lowest BCUT2D eigenvalue weighted by atomic mass is 10.1. The van der Waals surface area contributed by atoms with Gasteiger partial charge in [0, 0.05) is 10.9 Å². The molecule has 0 aliphatic rings. The number of H-pyrrole nitrogens is 1. The minimum absolute atomic E-state index is 0.793. The molecular weight excluding hydrogens is 190 g/mol. The average Bonchev–Trinajstić information content (AvgIpc) is 2.84. The summed E-state index contributed by atoms with van der Waals surface area (Å²) in [4.78, 5) is 7.34. The summed E-state index contributed by atoms with van der Waals surface area (Å²) in [7, 11) is 0. The van der Waals surface area contributed by atoms with Crippen molar-refractivity contribution >= 4 is 11.0 Å². The number of hydrogen-bond acceptors (Lipinski definition) is 3. The number of rotatable bonds is 1. The molecule has 0 amide bonds. The van der Waals surface area contributed by atoms with E-state index >= 15 is 0 Å². The zero-order chi connectivity index (χ0) is 10.3. The number of nitrogens with one attached hydrogen (secondary N) is 1. The van der Waals surface area contributed by atoms with E-state index in [2.05, 4.69) is 15.1 Å². The van der Waals surface area contributed by atoms with Gasteiger partial charge in [-0.1, -0.05) is 11.2 Å². The molecule has 2 aromatic heterocycles. The summed E-state index contributed by atoms with van der Waals surface area (Å²) >= 11 is 0. The molecule has 4 heteroatoms. The standard InChI is InChI=1S/C11H9N3O/c1-7-12-6-10(14-7)9-4-2-3-8-5-13-15-11(8)9/h2-6H,1H3,(H,12,14). The summed E-state index contributed by atoms with van der Waals surface area (Å²) in [6.45, 7) is 1.92. The molecule has 0 saturated carbocycles. The van der Waals surface area contributed by atoms with Crippen molar-refractivity contribution < 1.29 is 4.52 Å². The Morgan fingerprint density at radius 2 is 2.20 bits per heavy atom. The van der Waals surface area contributed by atoms with Gasteiger partial charge in [-0.2, -0.15) is 0 Å². The van der Waals surface area contributed by atoms with E-state index in [4.69, 9.17) is 4.52 Å². The molecule has 15 heavy (non-hydrogen) atoms. The second-order valence-corrected chi connectivity index (χ2v) is 3.43. The zero-order valence-electron chi connectivity index (χ0n) is 8.19. The van der Waals surface area contributed by atoms with Crippen molar-refractivity contribution in [2.45, 2.75) is 6.92 Å². The lowest BCUT2D eigenvalue weighted by Gasteiger charge is -1.96. The SMILES string of the molecule is Cc1ncc(-c2cccc3cnoc23)[nH]1. The van der Waals surface area contributed by atoms with Crippen LogP contribution in [0.1, 0.15) is 5.82 Å². The van der Waals surface area contributed by atoms with Crippen molar-refractivity contribution in [2.24, 2.45) is 0 Å². The summed E-state index contributed by atoms with van der Waals surface area (Å²) in [5.41, 5.74) is 2.74. The third-order valence-electron chi connectivity index (χ3n) is 2.37. The van der Waals surface area contributed by atoms with Gasteiger partial charge in [-0.25, -0.2) is 4.98 Å². The molecule has 4 nitrogen and oxygen atoms in total. The summed E-state index contributed by atoms with van der Waals surface area (Å²) < 4.78 is 5.21. The van der Waals surface area contributed by atoms with Crippen LogP contribution in [0.4, 0.5) is 0 Å². The molecule has 2 heterocycles. The monoisotopic (exact) mass is 199 g/mol. The molecule has 0 bridgehead atoms. The van der Waals surface area contributed by atoms with Crippen LogP contribution in [-0.2, 0) is 0 Å². The van der Waals surface area contributed by atoms with Crippen LogP contribution in [0.3, 0.4) is 0 Å². The number of para-hydroxylation sites is 1. The van der Waals surface area contributed by atoms with Gasteiger partial charge in [-0.3, -0.25) is 0 Å². The quantitative estimate of drug-likeness (QED) is 0.655. The van der Waals surface area contributed by atoms with Crippen molar-refractivity contribution in [3.63, 3.8) is 0 Å². The number of fused-ring (bicyclic) bond motifs is 1. The molecule has 3 rings (SSSR count). The molecule has 0 spiro atoms. The molecule has 0 fully saturated rings. The first-order valence-electron chi connectivity index (χ1n) is 4.70. The highest BCUT2D eigenvalue weighted by Gasteiger charge is 2.08. The maximum Gasteiger partial charge on any atom is 0.176 e. The smallest absolute Gasteiger partial charge is 0.176 e. The Balaban J connectivity index is 2.30. The fraction of sp³-hybridized carbons (Fsp3) is 0.0909. The van der Waals surface area contributed by atoms with Gasteiger partial charge in [-0.15, -0.1) is 0 Å². The number of aromatic amines is 1. The van der Waals surface area contributed by atoms with E-state index in [9.17, 15) is 0 Å². The van der Waals surface area contributed by atoms with E-state index in [1.54, 1.807) is 12.4 Å². The highest BCUT2D eigenvalue weighted by atomic mass is 16.5. The molecule has 1 N–H and O–H groups in total. The van der Waals surface area contributed by atoms with Gasteiger partial charge in [0.1, 0.15) is 5.82 Å². The predicted octanol–water partition coefficient (Wildman–Crippen LogP) is 2.53. The Labute approximate surface area is 85.9 Å². The molecule has 3 aromatic rings. The van der Waals surface area contributed by atoms with E-state index in [1.807, 2.05) is 25.1 Å². The van der Waals surface area contributed by atoms with Crippen LogP contribution in [0.5, 0.6) is 0 Å². The van der Waals surface area contributed by atoms with Gasteiger partial charge in [0.05, 0.1) is 18.1 Å². The lowest BCUT2D eigenvalue weighted by molar-refractivity contribution is 0.457. The number of aryl methyl sites for hydroxylation is 1. The fourth-order valence-corrected chi connectivity index (χ4v) is 1.66. The van der Waals surface area contributed by atoms with Crippen LogP contribution in [0.2, 0.25) is 0 Å². The van der Waals surface area contributed by atoms with Crippen molar-refractivity contribution in [3.05, 3.63) is 36.4 Å². The topological polar surface area (TPSA) is 54.7 Å². The van der Waals surface area contributed by atoms with Crippen molar-refractivity contribution in [2.75, 3.05) is 0 Å². The maximum atomic E-state index is 5.21. The number of aromatic nitrogens is 3. The molecule has 0 aliphatic heterocycles. The minimum Gasteiger partial charge on any atom is -0.356 e. The highest BCUT2D eigenvalue weighted by molar-refractivity contribution is 5.90. The molecule has 74 valence electrons. The summed E-state index contributed by atoms with van der Waals surface area (Å²) in [5, 5.41) is 4.78. The first-order chi connectivity index (χ1) is 7.34. The predicted molar refractivity (Wildman–Crippen MR) is 56.3 cm³/mol. The number of benzene rings is 1. The van der Waals surface area contributed by atoms with Crippen LogP contribution in [0.25, 0.3) is 22.2 Å². The normalized spacial score (nSPS) is 11.0. The Morgan fingerprint density at radius 1 is 1.27 bits per heavy atom. The molecule has 1 aromatic carbocycles. The number of hydrogen-bond donors (Lipinski definition) is 1. The van der Waals surface area contributed by atoms with E-state index in [1.165, 1.54) is 0 Å². The first kappa shape index (κ1) is 8.23. The third-order valence-corrected chi connectivity index (χ3v) is 2.37. The summed E-state index contributed by atoms with van der Waals surface area (Å²) in [5.74, 6) is 0.890. The summed E-state index contributed by atoms with van der Waals surface area (Å²) in [6, 6.07) is 5.93. The van der Waals surface area contributed by atoms with Crippen LogP contribution in [0.15, 0.2) is 35.1 Å². The van der Waals surface area contributed by atoms with E-state index in [0.29, 0.717) is 0 Å². The Kier molecular flexibility index (Phi) is 1.62. The van der Waals surface area contributed by atoms with Gasteiger partial charge in [0.25, 0.3) is 0 Å². The van der Waals surface area contributed by atoms with Gasteiger partial charge in [0.2, 0.25) is 0 Å². The zero-order valence-corrected chi connectivity index (χ0v) is 8.19. The molecule has 0 aliphatic carbocycles. The van der Waals surface area contributed by atoms with Gasteiger partial charge in [0.15, 0.2) is 5.58 Å². The second kappa shape index (κ2) is 2.95. The Hall–Kier alpha value is -2.10. The van der Waals surface area contributed by atoms with Crippen LogP contribution < -0.4 is 0 Å². The molecule has 0 atom stereocenters. The fourth-order valence-electron chi connectivity index (χ4n) is 1.66. The van der Waals surface area contributed by atoms with Crippen LogP contribution >= 0.6 is 0 Å². The maximum absolute atomic E-state index is 5.21. The van der Waals surface area contributed by atoms with Gasteiger partial charge >= 0.3 is 0 Å². The molecule has 0 saturated heterocycles. The van der Waals surface area contributed by atoms with Crippen molar-refractivity contribution in [1.82, 2.24) is 15.1 Å². The van der Waals surface area contributed by atoms with E-state index < -0.39 is 0 Å². The molecular formula is C11H9N3O.